The van der Waals surface area contributed by atoms with E-state index in [1.165, 1.54) is 23.5 Å². The molecule has 0 aliphatic heterocycles. The third-order valence-electron chi connectivity index (χ3n) is 4.24. The molecule has 0 radical (unpaired) electrons. The van der Waals surface area contributed by atoms with Gasteiger partial charge < -0.3 is 14.6 Å². The third-order valence-corrected chi connectivity index (χ3v) is 6.28. The molecule has 0 aliphatic rings. The van der Waals surface area contributed by atoms with Gasteiger partial charge in [-0.2, -0.15) is 5.10 Å². The Hall–Kier alpha value is -3.64. The fourth-order valence-electron chi connectivity index (χ4n) is 2.71. The quantitative estimate of drug-likeness (QED) is 0.360. The number of hydrogen-bond acceptors (Lipinski definition) is 9. The highest BCUT2D eigenvalue weighted by Crippen LogP contribution is 2.33. The molecule has 12 heteroatoms. The molecule has 0 atom stereocenters. The summed E-state index contributed by atoms with van der Waals surface area (Å²) in [5.74, 6) is 0.652. The van der Waals surface area contributed by atoms with Crippen LogP contribution in [-0.4, -0.2) is 48.3 Å². The molecule has 1 amide bonds. The van der Waals surface area contributed by atoms with E-state index in [2.05, 4.69) is 25.6 Å². The summed E-state index contributed by atoms with van der Waals surface area (Å²) in [5, 5.41) is 16.2. The zero-order chi connectivity index (χ0) is 23.2. The van der Waals surface area contributed by atoms with Crippen LogP contribution < -0.4 is 10.1 Å². The van der Waals surface area contributed by atoms with Crippen LogP contribution in [0.3, 0.4) is 0 Å². The molecule has 0 saturated carbocycles. The Kier molecular flexibility index (Phi) is 7.05. The molecule has 33 heavy (non-hydrogen) atoms. The van der Waals surface area contributed by atoms with Crippen LogP contribution >= 0.6 is 23.5 Å². The summed E-state index contributed by atoms with van der Waals surface area (Å²) in [4.78, 5) is 29.7. The van der Waals surface area contributed by atoms with E-state index >= 15 is 0 Å². The Morgan fingerprint density at radius 3 is 2.61 bits per heavy atom. The minimum Gasteiger partial charge on any atom is -0.486 e. The lowest BCUT2D eigenvalue weighted by Gasteiger charge is -2.11. The number of hydrogen-bond donors (Lipinski definition) is 1. The Labute approximate surface area is 197 Å². The number of carbonyl (C=O) groups excluding carboxylic acids is 2. The van der Waals surface area contributed by atoms with Crippen LogP contribution in [0.25, 0.3) is 0 Å². The van der Waals surface area contributed by atoms with E-state index in [1.807, 2.05) is 31.3 Å². The largest absolute Gasteiger partial charge is 0.486 e. The van der Waals surface area contributed by atoms with Crippen LogP contribution in [0.15, 0.2) is 75.0 Å². The number of aromatic nitrogens is 6. The lowest BCUT2D eigenvalue weighted by Crippen LogP contribution is -2.16. The molecule has 1 aromatic carbocycles. The summed E-state index contributed by atoms with van der Waals surface area (Å²) < 4.78 is 8.67. The predicted octanol–water partition coefficient (Wildman–Crippen LogP) is 3.08. The number of amides is 1. The van der Waals surface area contributed by atoms with Gasteiger partial charge in [0.15, 0.2) is 17.3 Å². The third kappa shape index (κ3) is 5.79. The van der Waals surface area contributed by atoms with E-state index in [0.717, 1.165) is 4.90 Å². The summed E-state index contributed by atoms with van der Waals surface area (Å²) >= 11 is 2.71. The normalized spacial score (nSPS) is 10.7. The van der Waals surface area contributed by atoms with Crippen LogP contribution in [0.2, 0.25) is 0 Å². The van der Waals surface area contributed by atoms with Crippen molar-refractivity contribution in [3.05, 3.63) is 60.7 Å². The van der Waals surface area contributed by atoms with E-state index in [9.17, 15) is 9.59 Å². The number of anilines is 1. The highest BCUT2D eigenvalue weighted by Gasteiger charge is 2.18. The van der Waals surface area contributed by atoms with E-state index in [1.54, 1.807) is 47.0 Å². The maximum atomic E-state index is 13.1. The van der Waals surface area contributed by atoms with E-state index < -0.39 is 0 Å². The lowest BCUT2D eigenvalue weighted by atomic mass is 10.3. The average Bonchev–Trinajstić information content (AvgIpc) is 3.41. The van der Waals surface area contributed by atoms with Crippen molar-refractivity contribution in [3.8, 4) is 5.75 Å². The average molecular weight is 482 g/mol. The van der Waals surface area contributed by atoms with Gasteiger partial charge in [-0.3, -0.25) is 14.3 Å². The van der Waals surface area contributed by atoms with Crippen molar-refractivity contribution in [2.45, 2.75) is 20.0 Å². The molecule has 4 aromatic rings. The smallest absolute Gasteiger partial charge is 0.276 e. The minimum atomic E-state index is -0.373. The van der Waals surface area contributed by atoms with Crippen LogP contribution in [-0.2, 0) is 18.9 Å². The second-order valence-corrected chi connectivity index (χ2v) is 8.81. The Morgan fingerprint density at radius 2 is 1.94 bits per heavy atom. The first kappa shape index (κ1) is 22.6. The number of nitrogens with one attached hydrogen (secondary N) is 1. The molecule has 0 spiro atoms. The Morgan fingerprint density at radius 1 is 1.12 bits per heavy atom. The fourth-order valence-corrected chi connectivity index (χ4v) is 4.34. The molecule has 168 valence electrons. The maximum Gasteiger partial charge on any atom is 0.276 e. The molecule has 10 nitrogen and oxygen atoms in total. The van der Waals surface area contributed by atoms with Crippen molar-refractivity contribution in [1.82, 2.24) is 29.5 Å². The zero-order valence-corrected chi connectivity index (χ0v) is 19.3. The SMILES string of the molecule is Cn1ccc(NC(=O)c2nc(Sc3nncn3C)ccc2Sc2ccc(OCC=O)cc2)n1. The number of ether oxygens (including phenoxy) is 1. The van der Waals surface area contributed by atoms with Crippen molar-refractivity contribution < 1.29 is 14.3 Å². The van der Waals surface area contributed by atoms with Gasteiger partial charge in [-0.1, -0.05) is 11.8 Å². The van der Waals surface area contributed by atoms with Crippen LogP contribution in [0, 0.1) is 0 Å². The van der Waals surface area contributed by atoms with E-state index in [4.69, 9.17) is 4.74 Å². The van der Waals surface area contributed by atoms with E-state index in [-0.39, 0.29) is 18.2 Å². The van der Waals surface area contributed by atoms with Gasteiger partial charge in [0.05, 0.1) is 0 Å². The molecule has 4 rings (SSSR count). The number of nitrogens with zero attached hydrogens (tertiary/aromatic N) is 6. The Balaban J connectivity index is 1.60. The van der Waals surface area contributed by atoms with Crippen molar-refractivity contribution in [3.63, 3.8) is 0 Å². The van der Waals surface area contributed by atoms with Gasteiger partial charge in [0, 0.05) is 36.1 Å². The molecule has 1 N–H and O–H groups in total. The number of rotatable bonds is 9. The first-order chi connectivity index (χ1) is 16.0. The van der Waals surface area contributed by atoms with Gasteiger partial charge >= 0.3 is 0 Å². The molecule has 0 fully saturated rings. The predicted molar refractivity (Wildman–Crippen MR) is 123 cm³/mol. The summed E-state index contributed by atoms with van der Waals surface area (Å²) in [6.07, 6.45) is 4.04. The van der Waals surface area contributed by atoms with E-state index in [0.29, 0.717) is 32.9 Å². The number of pyridine rings is 1. The molecule has 0 aliphatic carbocycles. The molecule has 0 bridgehead atoms. The molecule has 3 heterocycles. The van der Waals surface area contributed by atoms with Crippen molar-refractivity contribution in [2.75, 3.05) is 11.9 Å². The van der Waals surface area contributed by atoms with Gasteiger partial charge in [0.1, 0.15) is 29.4 Å². The van der Waals surface area contributed by atoms with Gasteiger partial charge in [-0.05, 0) is 48.2 Å². The fraction of sp³-hybridized carbons (Fsp3) is 0.143. The summed E-state index contributed by atoms with van der Waals surface area (Å²) in [5.41, 5.74) is 0.263. The van der Waals surface area contributed by atoms with Gasteiger partial charge in [0.25, 0.3) is 5.91 Å². The van der Waals surface area contributed by atoms with Gasteiger partial charge in [-0.25, -0.2) is 4.98 Å². The molecule has 0 unspecified atom stereocenters. The van der Waals surface area contributed by atoms with Crippen molar-refractivity contribution in [1.29, 1.82) is 0 Å². The second kappa shape index (κ2) is 10.3. The Bertz CT molecular complexity index is 1270. The maximum absolute atomic E-state index is 13.1. The van der Waals surface area contributed by atoms with Crippen LogP contribution in [0.5, 0.6) is 5.75 Å². The number of aldehydes is 1. The standard InChI is InChI=1S/C21H19N7O3S2/c1-27-13-22-25-21(27)33-18-8-7-16(32-15-5-3-14(4-6-15)31-12-11-29)19(24-18)20(30)23-17-9-10-28(2)26-17/h3-11,13H,12H2,1-2H3,(H,23,26,30). The monoisotopic (exact) mass is 481 g/mol. The molecule has 0 saturated heterocycles. The minimum absolute atomic E-state index is 0.00109. The number of aryl methyl sites for hydroxylation is 2. The summed E-state index contributed by atoms with van der Waals surface area (Å²) in [6.45, 7) is -0.00109. The van der Waals surface area contributed by atoms with Crippen molar-refractivity contribution in [2.24, 2.45) is 14.1 Å². The zero-order valence-electron chi connectivity index (χ0n) is 17.7. The highest BCUT2D eigenvalue weighted by molar-refractivity contribution is 7.99. The molecule has 3 aromatic heterocycles. The topological polar surface area (TPSA) is 117 Å². The number of benzene rings is 1. The van der Waals surface area contributed by atoms with Crippen molar-refractivity contribution >= 4 is 41.5 Å². The van der Waals surface area contributed by atoms with Crippen LogP contribution in [0.1, 0.15) is 10.5 Å². The van der Waals surface area contributed by atoms with Gasteiger partial charge in [-0.15, -0.1) is 10.2 Å². The lowest BCUT2D eigenvalue weighted by molar-refractivity contribution is -0.109. The first-order valence-electron chi connectivity index (χ1n) is 9.70. The van der Waals surface area contributed by atoms with Gasteiger partial charge in [0.2, 0.25) is 0 Å². The molecular formula is C21H19N7O3S2. The van der Waals surface area contributed by atoms with Crippen LogP contribution in [0.4, 0.5) is 5.82 Å². The second-order valence-electron chi connectivity index (χ2n) is 6.70. The molecular weight excluding hydrogens is 462 g/mol. The highest BCUT2D eigenvalue weighted by atomic mass is 32.2. The summed E-state index contributed by atoms with van der Waals surface area (Å²) in [6, 6.07) is 12.6. The number of carbonyl (C=O) groups is 2. The summed E-state index contributed by atoms with van der Waals surface area (Å²) in [7, 11) is 3.61. The first-order valence-corrected chi connectivity index (χ1v) is 11.3.